The average molecular weight is 334 g/mol. The SMILES string of the molecule is C[C@H](Cc1ccccc1F)NC(=O)NC[C@@](C)(O)c1cnn(C)c1. The average Bonchev–Trinajstić information content (AvgIpc) is 2.95. The molecule has 0 fully saturated rings. The first kappa shape index (κ1) is 17.9. The van der Waals surface area contributed by atoms with E-state index in [0.717, 1.165) is 0 Å². The third-order valence-electron chi connectivity index (χ3n) is 3.78. The van der Waals surface area contributed by atoms with E-state index in [9.17, 15) is 14.3 Å². The van der Waals surface area contributed by atoms with Crippen LogP contribution in [0.15, 0.2) is 36.7 Å². The smallest absolute Gasteiger partial charge is 0.315 e. The number of hydrogen-bond acceptors (Lipinski definition) is 3. The zero-order valence-corrected chi connectivity index (χ0v) is 14.1. The highest BCUT2D eigenvalue weighted by molar-refractivity contribution is 5.74. The maximum absolute atomic E-state index is 13.6. The van der Waals surface area contributed by atoms with Crippen molar-refractivity contribution in [2.45, 2.75) is 31.9 Å². The van der Waals surface area contributed by atoms with E-state index in [2.05, 4.69) is 15.7 Å². The van der Waals surface area contributed by atoms with E-state index in [0.29, 0.717) is 17.5 Å². The number of aliphatic hydroxyl groups is 1. The Morgan fingerprint density at radius 1 is 1.46 bits per heavy atom. The summed E-state index contributed by atoms with van der Waals surface area (Å²) in [6.07, 6.45) is 3.64. The molecule has 0 unspecified atom stereocenters. The van der Waals surface area contributed by atoms with E-state index >= 15 is 0 Å². The van der Waals surface area contributed by atoms with Gasteiger partial charge in [0.25, 0.3) is 0 Å². The van der Waals surface area contributed by atoms with Crippen LogP contribution in [0.2, 0.25) is 0 Å². The van der Waals surface area contributed by atoms with Gasteiger partial charge in [-0.1, -0.05) is 18.2 Å². The molecule has 0 aliphatic carbocycles. The van der Waals surface area contributed by atoms with Gasteiger partial charge >= 0.3 is 6.03 Å². The number of nitrogens with one attached hydrogen (secondary N) is 2. The molecule has 0 aliphatic rings. The van der Waals surface area contributed by atoms with E-state index in [1.54, 1.807) is 56.2 Å². The third kappa shape index (κ3) is 4.79. The van der Waals surface area contributed by atoms with Crippen molar-refractivity contribution in [1.29, 1.82) is 0 Å². The summed E-state index contributed by atoms with van der Waals surface area (Å²) in [5.41, 5.74) is -0.0576. The minimum absolute atomic E-state index is 0.0386. The van der Waals surface area contributed by atoms with E-state index in [1.165, 1.54) is 6.07 Å². The van der Waals surface area contributed by atoms with Gasteiger partial charge < -0.3 is 15.7 Å². The number of urea groups is 1. The number of halogens is 1. The fraction of sp³-hybridized carbons (Fsp3) is 0.412. The second-order valence-electron chi connectivity index (χ2n) is 6.20. The molecule has 0 saturated carbocycles. The van der Waals surface area contributed by atoms with Crippen LogP contribution in [0.3, 0.4) is 0 Å². The van der Waals surface area contributed by atoms with Gasteiger partial charge in [0.2, 0.25) is 0 Å². The van der Waals surface area contributed by atoms with Gasteiger partial charge in [0, 0.05) is 24.8 Å². The lowest BCUT2D eigenvalue weighted by Crippen LogP contribution is -2.46. The Hall–Kier alpha value is -2.41. The van der Waals surface area contributed by atoms with Crippen molar-refractivity contribution in [2.75, 3.05) is 6.54 Å². The minimum Gasteiger partial charge on any atom is -0.383 e. The first-order valence-electron chi connectivity index (χ1n) is 7.77. The fourth-order valence-electron chi connectivity index (χ4n) is 2.37. The number of amides is 2. The fourth-order valence-corrected chi connectivity index (χ4v) is 2.37. The summed E-state index contributed by atoms with van der Waals surface area (Å²) in [4.78, 5) is 12.0. The van der Waals surface area contributed by atoms with Crippen molar-refractivity contribution in [3.63, 3.8) is 0 Å². The van der Waals surface area contributed by atoms with Crippen molar-refractivity contribution < 1.29 is 14.3 Å². The van der Waals surface area contributed by atoms with Crippen LogP contribution in [0, 0.1) is 5.82 Å². The van der Waals surface area contributed by atoms with Gasteiger partial charge in [0.15, 0.2) is 0 Å². The number of nitrogens with zero attached hydrogens (tertiary/aromatic N) is 2. The number of benzene rings is 1. The maximum Gasteiger partial charge on any atom is 0.315 e. The predicted molar refractivity (Wildman–Crippen MR) is 88.9 cm³/mol. The van der Waals surface area contributed by atoms with Gasteiger partial charge in [-0.2, -0.15) is 5.10 Å². The van der Waals surface area contributed by atoms with Gasteiger partial charge in [0.05, 0.1) is 12.7 Å². The first-order valence-corrected chi connectivity index (χ1v) is 7.77. The Morgan fingerprint density at radius 3 is 2.79 bits per heavy atom. The Kier molecular flexibility index (Phi) is 5.56. The van der Waals surface area contributed by atoms with Crippen molar-refractivity contribution >= 4 is 6.03 Å². The van der Waals surface area contributed by atoms with Gasteiger partial charge in [-0.3, -0.25) is 4.68 Å². The molecule has 0 saturated heterocycles. The van der Waals surface area contributed by atoms with Crippen LogP contribution in [-0.2, 0) is 19.1 Å². The van der Waals surface area contributed by atoms with E-state index in [-0.39, 0.29) is 18.4 Å². The molecule has 2 rings (SSSR count). The van der Waals surface area contributed by atoms with E-state index < -0.39 is 11.6 Å². The molecule has 6 nitrogen and oxygen atoms in total. The number of carbonyl (C=O) groups is 1. The van der Waals surface area contributed by atoms with Crippen LogP contribution in [0.5, 0.6) is 0 Å². The summed E-state index contributed by atoms with van der Waals surface area (Å²) in [5, 5.41) is 19.8. The molecule has 0 radical (unpaired) electrons. The molecule has 2 aromatic rings. The third-order valence-corrected chi connectivity index (χ3v) is 3.78. The van der Waals surface area contributed by atoms with Crippen LogP contribution in [0.25, 0.3) is 0 Å². The Balaban J connectivity index is 1.83. The molecule has 2 atom stereocenters. The molecule has 1 aromatic carbocycles. The summed E-state index contributed by atoms with van der Waals surface area (Å²) in [5.74, 6) is -0.286. The van der Waals surface area contributed by atoms with Gasteiger partial charge in [-0.05, 0) is 31.9 Å². The Morgan fingerprint density at radius 2 is 2.17 bits per heavy atom. The largest absolute Gasteiger partial charge is 0.383 e. The van der Waals surface area contributed by atoms with Crippen molar-refractivity contribution in [3.05, 3.63) is 53.6 Å². The van der Waals surface area contributed by atoms with Crippen molar-refractivity contribution in [3.8, 4) is 0 Å². The molecule has 0 spiro atoms. The van der Waals surface area contributed by atoms with Gasteiger partial charge in [-0.25, -0.2) is 9.18 Å². The molecule has 1 aromatic heterocycles. The highest BCUT2D eigenvalue weighted by Gasteiger charge is 2.25. The van der Waals surface area contributed by atoms with Gasteiger partial charge in [-0.15, -0.1) is 0 Å². The number of aryl methyl sites for hydroxylation is 1. The first-order chi connectivity index (χ1) is 11.3. The number of carbonyl (C=O) groups excluding carboxylic acids is 1. The second kappa shape index (κ2) is 7.44. The van der Waals surface area contributed by atoms with Crippen LogP contribution in [0.1, 0.15) is 25.0 Å². The van der Waals surface area contributed by atoms with Crippen LogP contribution >= 0.6 is 0 Å². The summed E-state index contributed by atoms with van der Waals surface area (Å²) in [7, 11) is 1.75. The molecular formula is C17H23FN4O2. The lowest BCUT2D eigenvalue weighted by atomic mass is 10.00. The van der Waals surface area contributed by atoms with Crippen molar-refractivity contribution in [1.82, 2.24) is 20.4 Å². The standard InChI is InChI=1S/C17H23FN4O2/c1-12(8-13-6-4-5-7-15(13)18)21-16(23)19-11-17(2,24)14-9-20-22(3)10-14/h4-7,9-10,12,24H,8,11H2,1-3H3,(H2,19,21,23)/t12-,17-/m1/s1. The summed E-state index contributed by atoms with van der Waals surface area (Å²) < 4.78 is 15.2. The molecule has 0 bridgehead atoms. The Bertz CT molecular complexity index is 699. The summed E-state index contributed by atoms with van der Waals surface area (Å²) in [6.45, 7) is 3.44. The maximum atomic E-state index is 13.6. The molecule has 7 heteroatoms. The number of rotatable bonds is 6. The Labute approximate surface area is 140 Å². The lowest BCUT2D eigenvalue weighted by Gasteiger charge is -2.23. The number of hydrogen-bond donors (Lipinski definition) is 3. The molecule has 0 aliphatic heterocycles. The highest BCUT2D eigenvalue weighted by Crippen LogP contribution is 2.18. The lowest BCUT2D eigenvalue weighted by molar-refractivity contribution is 0.0592. The van der Waals surface area contributed by atoms with E-state index in [1.807, 2.05) is 0 Å². The molecule has 24 heavy (non-hydrogen) atoms. The predicted octanol–water partition coefficient (Wildman–Crippen LogP) is 1.70. The topological polar surface area (TPSA) is 79.2 Å². The van der Waals surface area contributed by atoms with E-state index in [4.69, 9.17) is 0 Å². The van der Waals surface area contributed by atoms with Crippen LogP contribution in [0.4, 0.5) is 9.18 Å². The zero-order chi connectivity index (χ0) is 17.7. The van der Waals surface area contributed by atoms with Crippen LogP contribution < -0.4 is 10.6 Å². The molecule has 3 N–H and O–H groups in total. The second-order valence-corrected chi connectivity index (χ2v) is 6.20. The summed E-state index contributed by atoms with van der Waals surface area (Å²) in [6, 6.07) is 5.82. The van der Waals surface area contributed by atoms with Crippen molar-refractivity contribution in [2.24, 2.45) is 7.05 Å². The van der Waals surface area contributed by atoms with Gasteiger partial charge in [0.1, 0.15) is 11.4 Å². The minimum atomic E-state index is -1.22. The monoisotopic (exact) mass is 334 g/mol. The summed E-state index contributed by atoms with van der Waals surface area (Å²) >= 11 is 0. The quantitative estimate of drug-likeness (QED) is 0.752. The number of aromatic nitrogens is 2. The molecular weight excluding hydrogens is 311 g/mol. The molecule has 2 amide bonds. The molecule has 1 heterocycles. The van der Waals surface area contributed by atoms with Crippen LogP contribution in [-0.4, -0.2) is 33.5 Å². The molecule has 130 valence electrons. The highest BCUT2D eigenvalue weighted by atomic mass is 19.1. The normalized spacial score (nSPS) is 14.7. The zero-order valence-electron chi connectivity index (χ0n) is 14.1.